The second-order valence-electron chi connectivity index (χ2n) is 16.2. The molecule has 46 heavy (non-hydrogen) atoms. The fraction of sp³-hybridized carbons (Fsp3) is 0.684. The molecule has 0 amide bonds. The first-order valence-electron chi connectivity index (χ1n) is 17.0. The molecule has 250 valence electrons. The summed E-state index contributed by atoms with van der Waals surface area (Å²) in [5.74, 6) is -0.704. The monoisotopic (exact) mass is 634 g/mol. The maximum absolute atomic E-state index is 14.4. The fourth-order valence-corrected chi connectivity index (χ4v) is 9.89. The first kappa shape index (κ1) is 32.8. The molecule has 2 aliphatic heterocycles. The highest BCUT2D eigenvalue weighted by atomic mass is 16.6. The third-order valence-electron chi connectivity index (χ3n) is 12.3. The largest absolute Gasteiger partial charge is 0.491 e. The summed E-state index contributed by atoms with van der Waals surface area (Å²) in [7, 11) is 1.35. The van der Waals surface area contributed by atoms with Crippen LogP contribution in [0.3, 0.4) is 0 Å². The first-order valence-corrected chi connectivity index (χ1v) is 17.0. The molecule has 4 bridgehead atoms. The summed E-state index contributed by atoms with van der Waals surface area (Å²) in [5, 5.41) is 0. The Morgan fingerprint density at radius 2 is 1.76 bits per heavy atom. The predicted octanol–water partition coefficient (Wildman–Crippen LogP) is 6.74. The number of allylic oxidation sites excluding steroid dienone is 4. The average Bonchev–Trinajstić information content (AvgIpc) is 3.37. The molecular weight excluding hydrogens is 584 g/mol. The van der Waals surface area contributed by atoms with Gasteiger partial charge in [0.2, 0.25) is 0 Å². The molecule has 9 atom stereocenters. The van der Waals surface area contributed by atoms with Gasteiger partial charge in [0.05, 0.1) is 24.2 Å². The molecule has 2 unspecified atom stereocenters. The molecule has 0 aromatic carbocycles. The zero-order valence-corrected chi connectivity index (χ0v) is 28.5. The maximum Gasteiger partial charge on any atom is 0.338 e. The Kier molecular flexibility index (Phi) is 8.20. The minimum absolute atomic E-state index is 0.152. The van der Waals surface area contributed by atoms with Gasteiger partial charge in [0.25, 0.3) is 0 Å². The number of ketones is 1. The summed E-state index contributed by atoms with van der Waals surface area (Å²) in [5.41, 5.74) is 2.00. The van der Waals surface area contributed by atoms with Crippen molar-refractivity contribution in [1.29, 1.82) is 0 Å². The Morgan fingerprint density at radius 3 is 2.43 bits per heavy atom. The SMILES string of the molecule is C=C(C)[C@H]1C/C=C2\C(=O)O[C@H](C/C(C)=C\C(=O)[C@H]3C[C@]4(CCC5[C@H]4CC(C)(C)C[C@@H]4C[C@]54C)OC(=C3C(=O)OC)C1)C2OC(C)=O. The molecule has 0 aromatic rings. The Labute approximate surface area is 273 Å². The van der Waals surface area contributed by atoms with Gasteiger partial charge < -0.3 is 18.9 Å². The van der Waals surface area contributed by atoms with Crippen LogP contribution in [0.4, 0.5) is 0 Å². The van der Waals surface area contributed by atoms with Crippen molar-refractivity contribution in [3.05, 3.63) is 46.8 Å². The topological polar surface area (TPSA) is 105 Å². The van der Waals surface area contributed by atoms with Crippen LogP contribution in [0.5, 0.6) is 0 Å². The van der Waals surface area contributed by atoms with Crippen molar-refractivity contribution in [2.24, 2.45) is 40.4 Å². The molecule has 6 rings (SSSR count). The molecule has 3 saturated carbocycles. The van der Waals surface area contributed by atoms with Crippen LogP contribution in [0.25, 0.3) is 0 Å². The highest BCUT2D eigenvalue weighted by molar-refractivity contribution is 6.03. The minimum atomic E-state index is -0.873. The van der Waals surface area contributed by atoms with E-state index in [9.17, 15) is 19.2 Å². The zero-order valence-electron chi connectivity index (χ0n) is 28.5. The van der Waals surface area contributed by atoms with Crippen LogP contribution < -0.4 is 0 Å². The molecule has 0 aromatic heterocycles. The molecular formula is C38H50O8. The Bertz CT molecular complexity index is 1460. The second kappa shape index (κ2) is 11.5. The van der Waals surface area contributed by atoms with Crippen LogP contribution in [0.1, 0.15) is 99.3 Å². The number of rotatable bonds is 3. The third-order valence-corrected chi connectivity index (χ3v) is 12.3. The lowest BCUT2D eigenvalue weighted by Crippen LogP contribution is -2.48. The van der Waals surface area contributed by atoms with Gasteiger partial charge >= 0.3 is 17.9 Å². The summed E-state index contributed by atoms with van der Waals surface area (Å²) >= 11 is 0. The van der Waals surface area contributed by atoms with E-state index in [1.54, 1.807) is 12.2 Å². The van der Waals surface area contributed by atoms with Crippen LogP contribution in [-0.4, -0.2) is 48.6 Å². The van der Waals surface area contributed by atoms with Crippen molar-refractivity contribution >= 4 is 23.7 Å². The van der Waals surface area contributed by atoms with Crippen LogP contribution in [0.15, 0.2) is 46.8 Å². The van der Waals surface area contributed by atoms with E-state index >= 15 is 0 Å². The van der Waals surface area contributed by atoms with E-state index < -0.39 is 41.6 Å². The molecule has 4 aliphatic carbocycles. The molecule has 6 aliphatic rings. The quantitative estimate of drug-likeness (QED) is 0.191. The summed E-state index contributed by atoms with van der Waals surface area (Å²) in [6.45, 7) is 16.5. The van der Waals surface area contributed by atoms with Gasteiger partial charge in [-0.1, -0.05) is 44.6 Å². The van der Waals surface area contributed by atoms with E-state index in [-0.39, 0.29) is 35.0 Å². The van der Waals surface area contributed by atoms with Crippen molar-refractivity contribution in [1.82, 2.24) is 0 Å². The maximum atomic E-state index is 14.4. The molecule has 2 heterocycles. The van der Waals surface area contributed by atoms with E-state index in [0.29, 0.717) is 47.5 Å². The van der Waals surface area contributed by atoms with Gasteiger partial charge in [0, 0.05) is 32.1 Å². The lowest BCUT2D eigenvalue weighted by Gasteiger charge is -2.47. The lowest BCUT2D eigenvalue weighted by atomic mass is 9.67. The Hall–Kier alpha value is -3.16. The number of hydrogen-bond acceptors (Lipinski definition) is 8. The molecule has 1 spiro atoms. The Morgan fingerprint density at radius 1 is 1.02 bits per heavy atom. The van der Waals surface area contributed by atoms with Gasteiger partial charge in [-0.3, -0.25) is 9.59 Å². The molecule has 4 fully saturated rings. The lowest BCUT2D eigenvalue weighted by molar-refractivity contribution is -0.150. The fourth-order valence-electron chi connectivity index (χ4n) is 9.89. The van der Waals surface area contributed by atoms with Crippen molar-refractivity contribution < 1.29 is 38.1 Å². The minimum Gasteiger partial charge on any atom is -0.491 e. The van der Waals surface area contributed by atoms with Crippen LogP contribution in [0, 0.1) is 40.4 Å². The van der Waals surface area contributed by atoms with E-state index in [1.807, 2.05) is 13.8 Å². The Balaban J connectivity index is 1.47. The average molecular weight is 635 g/mol. The van der Waals surface area contributed by atoms with Gasteiger partial charge in [-0.25, -0.2) is 9.59 Å². The standard InChI is InChI=1S/C38H50O8/c1-20(2)23-9-10-25-33(44-22(4)39)31(45-34(25)41)14-21(3)13-29(40)26-18-38(46-30(15-23)32(26)35(42)43-8)12-11-27-28(38)19-36(5,6)16-24-17-37(24,27)7/h10,13,23-24,26-28,31,33H,1,9,11-12,14-19H2,2-8H3/b21-13-,25-10-/t23-,24+,26+,27?,28+,31+,33?,37-,38-/m0/s1. The second-order valence-corrected chi connectivity index (χ2v) is 16.2. The number of fused-ring (bicyclic) bond motifs is 7. The molecule has 0 N–H and O–H groups in total. The molecule has 1 saturated heterocycles. The molecule has 0 radical (unpaired) electrons. The van der Waals surface area contributed by atoms with Crippen molar-refractivity contribution in [3.63, 3.8) is 0 Å². The number of carbonyl (C=O) groups excluding carboxylic acids is 4. The number of methoxy groups -OCH3 is 1. The molecule has 8 heteroatoms. The van der Waals surface area contributed by atoms with E-state index in [0.717, 1.165) is 30.8 Å². The normalized spacial score (nSPS) is 42.1. The summed E-state index contributed by atoms with van der Waals surface area (Å²) in [6.07, 6.45) is 8.48. The van der Waals surface area contributed by atoms with Crippen LogP contribution in [0.2, 0.25) is 0 Å². The van der Waals surface area contributed by atoms with Crippen molar-refractivity contribution in [2.45, 2.75) is 117 Å². The van der Waals surface area contributed by atoms with Crippen molar-refractivity contribution in [3.8, 4) is 0 Å². The number of ether oxygens (including phenoxy) is 4. The number of esters is 3. The third kappa shape index (κ3) is 5.68. The van der Waals surface area contributed by atoms with E-state index in [4.69, 9.17) is 18.9 Å². The van der Waals surface area contributed by atoms with Crippen molar-refractivity contribution in [2.75, 3.05) is 7.11 Å². The summed E-state index contributed by atoms with van der Waals surface area (Å²) < 4.78 is 23.9. The number of carbonyl (C=O) groups is 4. The zero-order chi connectivity index (χ0) is 33.3. The van der Waals surface area contributed by atoms with Gasteiger partial charge in [0.15, 0.2) is 11.9 Å². The van der Waals surface area contributed by atoms with Gasteiger partial charge in [-0.2, -0.15) is 0 Å². The molecule has 8 nitrogen and oxygen atoms in total. The highest BCUT2D eigenvalue weighted by Crippen LogP contribution is 2.72. The van der Waals surface area contributed by atoms with Crippen LogP contribution >= 0.6 is 0 Å². The van der Waals surface area contributed by atoms with E-state index in [2.05, 4.69) is 27.4 Å². The summed E-state index contributed by atoms with van der Waals surface area (Å²) in [6, 6.07) is 0. The van der Waals surface area contributed by atoms with E-state index in [1.165, 1.54) is 26.9 Å². The summed E-state index contributed by atoms with van der Waals surface area (Å²) in [4.78, 5) is 53.1. The smallest absolute Gasteiger partial charge is 0.338 e. The predicted molar refractivity (Wildman–Crippen MR) is 171 cm³/mol. The van der Waals surface area contributed by atoms with Gasteiger partial charge in [-0.15, -0.1) is 0 Å². The van der Waals surface area contributed by atoms with Crippen LogP contribution in [-0.2, 0) is 38.1 Å². The van der Waals surface area contributed by atoms with Gasteiger partial charge in [0.1, 0.15) is 17.5 Å². The number of hydrogen-bond donors (Lipinski definition) is 0. The van der Waals surface area contributed by atoms with Gasteiger partial charge in [-0.05, 0) is 87.0 Å². The first-order chi connectivity index (χ1) is 21.6. The highest BCUT2D eigenvalue weighted by Gasteiger charge is 2.67.